The smallest absolute Gasteiger partial charge is 0.180 e. The van der Waals surface area contributed by atoms with Gasteiger partial charge in [0.05, 0.1) is 26.7 Å². The summed E-state index contributed by atoms with van der Waals surface area (Å²) in [4.78, 5) is 17.3. The first kappa shape index (κ1) is 12.4. The molecule has 5 heteroatoms. The second-order valence-corrected chi connectivity index (χ2v) is 5.99. The molecule has 1 aromatic carbocycles. The van der Waals surface area contributed by atoms with Gasteiger partial charge in [0.15, 0.2) is 5.78 Å². The van der Waals surface area contributed by atoms with Gasteiger partial charge in [-0.2, -0.15) is 0 Å². The van der Waals surface area contributed by atoms with Crippen LogP contribution in [0.2, 0.25) is 4.34 Å². The highest BCUT2D eigenvalue weighted by molar-refractivity contribution is 7.18. The van der Waals surface area contributed by atoms with Crippen molar-refractivity contribution in [2.45, 2.75) is 6.42 Å². The number of aryl methyl sites for hydroxylation is 1. The number of carbonyl (C=O) groups excluding carboxylic acids is 1. The molecule has 2 heterocycles. The molecule has 0 bridgehead atoms. The summed E-state index contributed by atoms with van der Waals surface area (Å²) in [5, 5.41) is 0. The number of aromatic nitrogens is 2. The summed E-state index contributed by atoms with van der Waals surface area (Å²) in [6, 6.07) is 11.4. The van der Waals surface area contributed by atoms with E-state index >= 15 is 0 Å². The Hall–Kier alpha value is -1.65. The maximum atomic E-state index is 12.2. The summed E-state index contributed by atoms with van der Waals surface area (Å²) >= 11 is 7.16. The van der Waals surface area contributed by atoms with Crippen LogP contribution in [0.1, 0.15) is 15.5 Å². The second-order valence-electron chi connectivity index (χ2n) is 4.28. The number of ketones is 1. The van der Waals surface area contributed by atoms with Gasteiger partial charge < -0.3 is 4.57 Å². The first-order valence-electron chi connectivity index (χ1n) is 5.84. The maximum absolute atomic E-state index is 12.2. The van der Waals surface area contributed by atoms with Crippen molar-refractivity contribution in [3.05, 3.63) is 51.4 Å². The molecule has 2 aromatic heterocycles. The molecule has 0 fully saturated rings. The van der Waals surface area contributed by atoms with E-state index in [2.05, 4.69) is 4.98 Å². The molecular formula is C14H11ClN2OS. The van der Waals surface area contributed by atoms with Gasteiger partial charge in [-0.05, 0) is 24.3 Å². The summed E-state index contributed by atoms with van der Waals surface area (Å²) in [7, 11) is 1.93. The van der Waals surface area contributed by atoms with Crippen molar-refractivity contribution in [3.63, 3.8) is 0 Å². The van der Waals surface area contributed by atoms with E-state index < -0.39 is 0 Å². The number of rotatable bonds is 3. The standard InChI is InChI=1S/C14H11ClN2OS/c1-17-10-5-3-2-4-9(10)16-14(17)8-11(18)12-6-7-13(15)19-12/h2-7H,8H2,1H3. The number of hydrogen-bond donors (Lipinski definition) is 0. The van der Waals surface area contributed by atoms with E-state index in [9.17, 15) is 4.79 Å². The van der Waals surface area contributed by atoms with E-state index in [1.165, 1.54) is 11.3 Å². The molecule has 3 nitrogen and oxygen atoms in total. The number of thiophene rings is 1. The topological polar surface area (TPSA) is 34.9 Å². The molecule has 3 rings (SSSR count). The Labute approximate surface area is 119 Å². The van der Waals surface area contributed by atoms with Gasteiger partial charge in [-0.25, -0.2) is 4.98 Å². The third-order valence-corrected chi connectivity index (χ3v) is 4.32. The highest BCUT2D eigenvalue weighted by atomic mass is 35.5. The van der Waals surface area contributed by atoms with Crippen LogP contribution in [0.25, 0.3) is 11.0 Å². The molecule has 0 atom stereocenters. The molecular weight excluding hydrogens is 280 g/mol. The van der Waals surface area contributed by atoms with E-state index in [1.54, 1.807) is 12.1 Å². The van der Waals surface area contributed by atoms with Crippen LogP contribution in [0.3, 0.4) is 0 Å². The molecule has 19 heavy (non-hydrogen) atoms. The summed E-state index contributed by atoms with van der Waals surface area (Å²) < 4.78 is 2.59. The van der Waals surface area contributed by atoms with Crippen LogP contribution in [-0.4, -0.2) is 15.3 Å². The Morgan fingerprint density at radius 2 is 2.11 bits per heavy atom. The lowest BCUT2D eigenvalue weighted by molar-refractivity contribution is 0.0994. The van der Waals surface area contributed by atoms with Crippen molar-refractivity contribution in [2.24, 2.45) is 7.05 Å². The number of para-hydroxylation sites is 2. The van der Waals surface area contributed by atoms with Crippen molar-refractivity contribution in [3.8, 4) is 0 Å². The van der Waals surface area contributed by atoms with Crippen molar-refractivity contribution in [1.29, 1.82) is 0 Å². The molecule has 96 valence electrons. The number of carbonyl (C=O) groups is 1. The Morgan fingerprint density at radius 1 is 1.32 bits per heavy atom. The summed E-state index contributed by atoms with van der Waals surface area (Å²) in [6.07, 6.45) is 0.294. The first-order chi connectivity index (χ1) is 9.15. The van der Waals surface area contributed by atoms with Gasteiger partial charge in [0, 0.05) is 7.05 Å². The molecule has 0 spiro atoms. The molecule has 0 radical (unpaired) electrons. The average molecular weight is 291 g/mol. The molecule has 0 amide bonds. The van der Waals surface area contributed by atoms with Gasteiger partial charge in [-0.1, -0.05) is 23.7 Å². The van der Waals surface area contributed by atoms with Crippen LogP contribution in [0.5, 0.6) is 0 Å². The quantitative estimate of drug-likeness (QED) is 0.689. The number of nitrogens with zero attached hydrogens (tertiary/aromatic N) is 2. The molecule has 0 aliphatic rings. The predicted molar refractivity (Wildman–Crippen MR) is 78.1 cm³/mol. The van der Waals surface area contributed by atoms with E-state index in [-0.39, 0.29) is 5.78 Å². The van der Waals surface area contributed by atoms with Gasteiger partial charge in [0.2, 0.25) is 0 Å². The van der Waals surface area contributed by atoms with Crippen LogP contribution < -0.4 is 0 Å². The van der Waals surface area contributed by atoms with E-state index in [0.29, 0.717) is 15.6 Å². The number of Topliss-reactive ketones (excluding diaryl/α,β-unsaturated/α-hetero) is 1. The van der Waals surface area contributed by atoms with Crippen LogP contribution >= 0.6 is 22.9 Å². The van der Waals surface area contributed by atoms with E-state index in [0.717, 1.165) is 16.9 Å². The minimum Gasteiger partial charge on any atom is -0.331 e. The average Bonchev–Trinajstić information content (AvgIpc) is 2.96. The molecule has 0 N–H and O–H groups in total. The van der Waals surface area contributed by atoms with Crippen LogP contribution in [-0.2, 0) is 13.5 Å². The van der Waals surface area contributed by atoms with Crippen molar-refractivity contribution in [2.75, 3.05) is 0 Å². The van der Waals surface area contributed by atoms with Crippen molar-refractivity contribution < 1.29 is 4.79 Å². The first-order valence-corrected chi connectivity index (χ1v) is 7.03. The monoisotopic (exact) mass is 290 g/mol. The third kappa shape index (κ3) is 2.29. The van der Waals surface area contributed by atoms with Crippen LogP contribution in [0, 0.1) is 0 Å². The van der Waals surface area contributed by atoms with Gasteiger partial charge in [0.1, 0.15) is 5.82 Å². The molecule has 0 aliphatic carbocycles. The normalized spacial score (nSPS) is 11.1. The molecule has 0 saturated carbocycles. The lowest BCUT2D eigenvalue weighted by Gasteiger charge is -2.00. The predicted octanol–water partition coefficient (Wildman–Crippen LogP) is 3.71. The Morgan fingerprint density at radius 3 is 2.79 bits per heavy atom. The van der Waals surface area contributed by atoms with Gasteiger partial charge in [0.25, 0.3) is 0 Å². The fourth-order valence-corrected chi connectivity index (χ4v) is 3.03. The molecule has 0 unspecified atom stereocenters. The highest BCUT2D eigenvalue weighted by Gasteiger charge is 2.14. The van der Waals surface area contributed by atoms with Crippen molar-refractivity contribution >= 4 is 39.8 Å². The van der Waals surface area contributed by atoms with E-state index in [4.69, 9.17) is 11.6 Å². The number of halogens is 1. The van der Waals surface area contributed by atoms with Gasteiger partial charge >= 0.3 is 0 Å². The zero-order valence-corrected chi connectivity index (χ0v) is 11.8. The fraction of sp³-hybridized carbons (Fsp3) is 0.143. The second kappa shape index (κ2) is 4.79. The summed E-state index contributed by atoms with van der Waals surface area (Å²) in [5.74, 6) is 0.825. The zero-order chi connectivity index (χ0) is 13.4. The number of imidazole rings is 1. The number of benzene rings is 1. The minimum atomic E-state index is 0.0512. The van der Waals surface area contributed by atoms with Crippen LogP contribution in [0.15, 0.2) is 36.4 Å². The Bertz CT molecular complexity index is 760. The molecule has 3 aromatic rings. The highest BCUT2D eigenvalue weighted by Crippen LogP contribution is 2.23. The number of fused-ring (bicyclic) bond motifs is 1. The maximum Gasteiger partial charge on any atom is 0.180 e. The Kier molecular flexibility index (Phi) is 3.12. The zero-order valence-electron chi connectivity index (χ0n) is 10.3. The van der Waals surface area contributed by atoms with E-state index in [1.807, 2.05) is 35.9 Å². The lowest BCUT2D eigenvalue weighted by Crippen LogP contribution is -2.06. The number of hydrogen-bond acceptors (Lipinski definition) is 3. The summed E-state index contributed by atoms with van der Waals surface area (Å²) in [6.45, 7) is 0. The van der Waals surface area contributed by atoms with Gasteiger partial charge in [-0.15, -0.1) is 11.3 Å². The molecule has 0 aliphatic heterocycles. The lowest BCUT2D eigenvalue weighted by atomic mass is 10.2. The van der Waals surface area contributed by atoms with Crippen molar-refractivity contribution in [1.82, 2.24) is 9.55 Å². The van der Waals surface area contributed by atoms with Gasteiger partial charge in [-0.3, -0.25) is 4.79 Å². The minimum absolute atomic E-state index is 0.0512. The molecule has 0 saturated heterocycles. The Balaban J connectivity index is 1.93. The fourth-order valence-electron chi connectivity index (χ4n) is 2.05. The SMILES string of the molecule is Cn1c(CC(=O)c2ccc(Cl)s2)nc2ccccc21. The van der Waals surface area contributed by atoms with Crippen LogP contribution in [0.4, 0.5) is 0 Å². The largest absolute Gasteiger partial charge is 0.331 e. The summed E-state index contributed by atoms with van der Waals surface area (Å²) in [5.41, 5.74) is 1.95. The third-order valence-electron chi connectivity index (χ3n) is 3.05.